The van der Waals surface area contributed by atoms with Gasteiger partial charge in [0.1, 0.15) is 5.76 Å². The van der Waals surface area contributed by atoms with E-state index in [1.165, 1.54) is 4.70 Å². The number of rotatable bonds is 5. The van der Waals surface area contributed by atoms with Crippen molar-refractivity contribution in [1.29, 1.82) is 0 Å². The molecule has 25 heavy (non-hydrogen) atoms. The van der Waals surface area contributed by atoms with Gasteiger partial charge in [-0.15, -0.1) is 11.3 Å². The zero-order chi connectivity index (χ0) is 17.1. The largest absolute Gasteiger partial charge is 0.468 e. The smallest absolute Gasteiger partial charge is 0.233 e. The van der Waals surface area contributed by atoms with Gasteiger partial charge in [0.25, 0.3) is 0 Å². The molecule has 1 aromatic carbocycles. The number of benzene rings is 1. The van der Waals surface area contributed by atoms with Gasteiger partial charge >= 0.3 is 0 Å². The second-order valence-corrected chi connectivity index (χ2v) is 8.23. The van der Waals surface area contributed by atoms with Gasteiger partial charge in [-0.25, -0.2) is 4.98 Å². The lowest BCUT2D eigenvalue weighted by Crippen LogP contribution is -2.48. The zero-order valence-corrected chi connectivity index (χ0v) is 15.4. The van der Waals surface area contributed by atoms with Gasteiger partial charge < -0.3 is 9.32 Å². The molecule has 1 aliphatic rings. The molecule has 5 nitrogen and oxygen atoms in total. The first kappa shape index (κ1) is 16.6. The molecule has 0 unspecified atom stereocenters. The van der Waals surface area contributed by atoms with Crippen LogP contribution in [0, 0.1) is 0 Å². The summed E-state index contributed by atoms with van der Waals surface area (Å²) in [6.45, 7) is 4.14. The number of amides is 1. The number of aromatic nitrogens is 1. The fourth-order valence-corrected chi connectivity index (χ4v) is 4.88. The molecule has 7 heteroatoms. The number of para-hydroxylation sites is 1. The highest BCUT2D eigenvalue weighted by molar-refractivity contribution is 8.01. The molecule has 4 rings (SSSR count). The first-order valence-electron chi connectivity index (χ1n) is 8.29. The van der Waals surface area contributed by atoms with E-state index in [4.69, 9.17) is 4.42 Å². The van der Waals surface area contributed by atoms with Crippen LogP contribution in [0.4, 0.5) is 0 Å². The second-order valence-electron chi connectivity index (χ2n) is 5.97. The van der Waals surface area contributed by atoms with Crippen molar-refractivity contribution in [3.05, 3.63) is 48.4 Å². The number of thiazole rings is 1. The van der Waals surface area contributed by atoms with Crippen molar-refractivity contribution in [3.63, 3.8) is 0 Å². The number of nitrogens with zero attached hydrogens (tertiary/aromatic N) is 3. The van der Waals surface area contributed by atoms with Crippen molar-refractivity contribution in [2.45, 2.75) is 10.9 Å². The maximum Gasteiger partial charge on any atom is 0.233 e. The number of thioether (sulfide) groups is 1. The molecule has 0 saturated carbocycles. The first-order chi connectivity index (χ1) is 12.3. The van der Waals surface area contributed by atoms with Crippen molar-refractivity contribution < 1.29 is 9.21 Å². The Balaban J connectivity index is 1.26. The van der Waals surface area contributed by atoms with Crippen LogP contribution in [0.5, 0.6) is 0 Å². The summed E-state index contributed by atoms with van der Waals surface area (Å²) in [5, 5.41) is 0. The molecular weight excluding hydrogens is 354 g/mol. The van der Waals surface area contributed by atoms with Gasteiger partial charge in [-0.05, 0) is 24.3 Å². The molecule has 0 spiro atoms. The van der Waals surface area contributed by atoms with Crippen molar-refractivity contribution in [1.82, 2.24) is 14.8 Å². The van der Waals surface area contributed by atoms with Crippen LogP contribution in [0.1, 0.15) is 5.76 Å². The molecule has 0 aliphatic carbocycles. The summed E-state index contributed by atoms with van der Waals surface area (Å²) in [5.41, 5.74) is 1.01. The average molecular weight is 374 g/mol. The Kier molecular flexibility index (Phi) is 5.05. The molecule has 0 atom stereocenters. The minimum absolute atomic E-state index is 0.196. The lowest BCUT2D eigenvalue weighted by Gasteiger charge is -2.34. The van der Waals surface area contributed by atoms with Gasteiger partial charge in [-0.2, -0.15) is 0 Å². The molecule has 3 aromatic rings. The lowest BCUT2D eigenvalue weighted by atomic mass is 10.3. The number of carbonyl (C=O) groups is 1. The maximum absolute atomic E-state index is 12.5. The van der Waals surface area contributed by atoms with E-state index in [9.17, 15) is 4.79 Å². The molecule has 0 radical (unpaired) electrons. The Morgan fingerprint density at radius 3 is 2.76 bits per heavy atom. The van der Waals surface area contributed by atoms with Crippen LogP contribution in [0.25, 0.3) is 10.2 Å². The molecular formula is C18H19N3O2S2. The fraction of sp³-hybridized carbons (Fsp3) is 0.333. The molecule has 1 fully saturated rings. The quantitative estimate of drug-likeness (QED) is 0.642. The van der Waals surface area contributed by atoms with Crippen LogP contribution in [-0.2, 0) is 11.3 Å². The highest BCUT2D eigenvalue weighted by Gasteiger charge is 2.22. The topological polar surface area (TPSA) is 49.6 Å². The van der Waals surface area contributed by atoms with Gasteiger partial charge in [-0.3, -0.25) is 9.69 Å². The van der Waals surface area contributed by atoms with Crippen LogP contribution >= 0.6 is 23.1 Å². The summed E-state index contributed by atoms with van der Waals surface area (Å²) < 4.78 is 7.53. The Morgan fingerprint density at radius 2 is 2.00 bits per heavy atom. The highest BCUT2D eigenvalue weighted by Crippen LogP contribution is 2.29. The van der Waals surface area contributed by atoms with E-state index in [0.717, 1.165) is 48.3 Å². The number of furan rings is 1. The van der Waals surface area contributed by atoms with E-state index in [-0.39, 0.29) is 5.91 Å². The number of piperazine rings is 1. The minimum atomic E-state index is 0.196. The Morgan fingerprint density at radius 1 is 1.16 bits per heavy atom. The van der Waals surface area contributed by atoms with Crippen molar-refractivity contribution >= 4 is 39.2 Å². The summed E-state index contributed by atoms with van der Waals surface area (Å²) in [6, 6.07) is 12.0. The van der Waals surface area contributed by atoms with Gasteiger partial charge in [-0.1, -0.05) is 23.9 Å². The third kappa shape index (κ3) is 4.05. The summed E-state index contributed by atoms with van der Waals surface area (Å²) >= 11 is 3.19. The number of hydrogen-bond acceptors (Lipinski definition) is 6. The van der Waals surface area contributed by atoms with E-state index < -0.39 is 0 Å². The summed E-state index contributed by atoms with van der Waals surface area (Å²) in [6.07, 6.45) is 1.70. The van der Waals surface area contributed by atoms with Crippen LogP contribution < -0.4 is 0 Å². The van der Waals surface area contributed by atoms with Crippen LogP contribution in [-0.4, -0.2) is 52.6 Å². The third-order valence-electron chi connectivity index (χ3n) is 4.28. The minimum Gasteiger partial charge on any atom is -0.468 e. The third-order valence-corrected chi connectivity index (χ3v) is 6.44. The first-order valence-corrected chi connectivity index (χ1v) is 10.1. The van der Waals surface area contributed by atoms with E-state index in [1.807, 2.05) is 35.2 Å². The normalized spacial score (nSPS) is 15.8. The Bertz CT molecular complexity index is 806. The van der Waals surface area contributed by atoms with Gasteiger partial charge in [0.2, 0.25) is 5.91 Å². The second kappa shape index (κ2) is 7.59. The van der Waals surface area contributed by atoms with Gasteiger partial charge in [0.15, 0.2) is 4.34 Å². The van der Waals surface area contributed by atoms with Crippen LogP contribution in [0.3, 0.4) is 0 Å². The predicted molar refractivity (Wildman–Crippen MR) is 101 cm³/mol. The molecule has 1 saturated heterocycles. The Hall–Kier alpha value is -1.83. The number of fused-ring (bicyclic) bond motifs is 1. The maximum atomic E-state index is 12.5. The van der Waals surface area contributed by atoms with Gasteiger partial charge in [0.05, 0.1) is 28.8 Å². The molecule has 130 valence electrons. The molecule has 0 N–H and O–H groups in total. The molecule has 0 bridgehead atoms. The predicted octanol–water partition coefficient (Wildman–Crippen LogP) is 3.33. The van der Waals surface area contributed by atoms with E-state index >= 15 is 0 Å². The molecule has 1 aliphatic heterocycles. The van der Waals surface area contributed by atoms with Crippen LogP contribution in [0.15, 0.2) is 51.4 Å². The molecule has 1 amide bonds. The molecule has 3 heterocycles. The van der Waals surface area contributed by atoms with Gasteiger partial charge in [0, 0.05) is 26.2 Å². The fourth-order valence-electron chi connectivity index (χ4n) is 2.91. The molecule has 2 aromatic heterocycles. The van der Waals surface area contributed by atoms with E-state index in [0.29, 0.717) is 5.75 Å². The number of hydrogen-bond donors (Lipinski definition) is 0. The zero-order valence-electron chi connectivity index (χ0n) is 13.8. The van der Waals surface area contributed by atoms with Crippen LogP contribution in [0.2, 0.25) is 0 Å². The summed E-state index contributed by atoms with van der Waals surface area (Å²) in [4.78, 5) is 21.3. The summed E-state index contributed by atoms with van der Waals surface area (Å²) in [7, 11) is 0. The Labute approximate surface area is 154 Å². The van der Waals surface area contributed by atoms with Crippen molar-refractivity contribution in [2.24, 2.45) is 0 Å². The average Bonchev–Trinajstić information content (AvgIpc) is 3.29. The highest BCUT2D eigenvalue weighted by atomic mass is 32.2. The lowest BCUT2D eigenvalue weighted by molar-refractivity contribution is -0.130. The SMILES string of the molecule is O=C(CSc1nc2ccccc2s1)N1CCN(Cc2ccco2)CC1. The standard InChI is InChI=1S/C18H19N3O2S2/c22-17(13-24-18-19-15-5-1-2-6-16(15)25-18)21-9-7-20(8-10-21)12-14-4-3-11-23-14/h1-6,11H,7-10,12-13H2. The van der Waals surface area contributed by atoms with Crippen molar-refractivity contribution in [2.75, 3.05) is 31.9 Å². The van der Waals surface area contributed by atoms with E-state index in [2.05, 4.69) is 16.0 Å². The van der Waals surface area contributed by atoms with E-state index in [1.54, 1.807) is 29.4 Å². The number of carbonyl (C=O) groups excluding carboxylic acids is 1. The summed E-state index contributed by atoms with van der Waals surface area (Å²) in [5.74, 6) is 1.63. The monoisotopic (exact) mass is 373 g/mol. The van der Waals surface area contributed by atoms with Crippen molar-refractivity contribution in [3.8, 4) is 0 Å².